The third-order valence-electron chi connectivity index (χ3n) is 4.71. The number of hydrogen-bond acceptors (Lipinski definition) is 4. The van der Waals surface area contributed by atoms with Crippen molar-refractivity contribution in [1.29, 1.82) is 0 Å². The van der Waals surface area contributed by atoms with Crippen LogP contribution in [0, 0.1) is 13.8 Å². The molecule has 0 radical (unpaired) electrons. The van der Waals surface area contributed by atoms with E-state index in [0.29, 0.717) is 39.3 Å². The number of amides is 1. The molecule has 1 amide bonds. The van der Waals surface area contributed by atoms with Crippen molar-refractivity contribution < 1.29 is 19.0 Å². The lowest BCUT2D eigenvalue weighted by Crippen LogP contribution is -2.31. The molecule has 0 bridgehead atoms. The predicted molar refractivity (Wildman–Crippen MR) is 105 cm³/mol. The molecule has 0 saturated carbocycles. The maximum atomic E-state index is 12.7. The lowest BCUT2D eigenvalue weighted by atomic mass is 10.1. The SMILES string of the molecule is CCN(Cc1cccc2c1OCCO2)C(=O)CCOc1c(C)cccc1C. The van der Waals surface area contributed by atoms with Gasteiger partial charge >= 0.3 is 0 Å². The number of fused-ring (bicyclic) bond motifs is 1. The van der Waals surface area contributed by atoms with Crippen LogP contribution < -0.4 is 14.2 Å². The van der Waals surface area contributed by atoms with Crippen molar-refractivity contribution in [2.24, 2.45) is 0 Å². The first-order chi connectivity index (χ1) is 13.1. The van der Waals surface area contributed by atoms with E-state index in [4.69, 9.17) is 14.2 Å². The van der Waals surface area contributed by atoms with Gasteiger partial charge in [-0.3, -0.25) is 4.79 Å². The lowest BCUT2D eigenvalue weighted by Gasteiger charge is -2.25. The highest BCUT2D eigenvalue weighted by molar-refractivity contribution is 5.76. The van der Waals surface area contributed by atoms with Crippen molar-refractivity contribution in [3.8, 4) is 17.2 Å². The minimum Gasteiger partial charge on any atom is -0.493 e. The van der Waals surface area contributed by atoms with E-state index in [0.717, 1.165) is 33.9 Å². The van der Waals surface area contributed by atoms with Crippen molar-refractivity contribution >= 4 is 5.91 Å². The van der Waals surface area contributed by atoms with Gasteiger partial charge < -0.3 is 19.1 Å². The molecular formula is C22H27NO4. The molecule has 2 aromatic rings. The second-order valence-corrected chi connectivity index (χ2v) is 6.67. The summed E-state index contributed by atoms with van der Waals surface area (Å²) >= 11 is 0. The molecule has 0 aromatic heterocycles. The molecule has 0 unspecified atom stereocenters. The minimum atomic E-state index is 0.0677. The highest BCUT2D eigenvalue weighted by Gasteiger charge is 2.19. The Hall–Kier alpha value is -2.69. The number of hydrogen-bond donors (Lipinski definition) is 0. The van der Waals surface area contributed by atoms with Crippen molar-refractivity contribution in [1.82, 2.24) is 4.90 Å². The van der Waals surface area contributed by atoms with Crippen LogP contribution in [0.4, 0.5) is 0 Å². The number of ether oxygens (including phenoxy) is 3. The predicted octanol–water partition coefficient (Wildman–Crippen LogP) is 3.89. The number of nitrogens with zero attached hydrogens (tertiary/aromatic N) is 1. The van der Waals surface area contributed by atoms with Gasteiger partial charge in [0.1, 0.15) is 19.0 Å². The number of para-hydroxylation sites is 2. The summed E-state index contributed by atoms with van der Waals surface area (Å²) in [6.07, 6.45) is 0.341. The first-order valence-corrected chi connectivity index (χ1v) is 9.44. The molecule has 0 N–H and O–H groups in total. The van der Waals surface area contributed by atoms with Gasteiger partial charge in [0.2, 0.25) is 5.91 Å². The zero-order chi connectivity index (χ0) is 19.2. The number of aryl methyl sites for hydroxylation is 2. The van der Waals surface area contributed by atoms with Gasteiger partial charge in [-0.15, -0.1) is 0 Å². The molecule has 2 aromatic carbocycles. The maximum Gasteiger partial charge on any atom is 0.226 e. The molecule has 3 rings (SSSR count). The zero-order valence-corrected chi connectivity index (χ0v) is 16.3. The third kappa shape index (κ3) is 4.54. The van der Waals surface area contributed by atoms with Gasteiger partial charge in [0, 0.05) is 18.7 Å². The Bertz CT molecular complexity index is 783. The van der Waals surface area contributed by atoms with E-state index in [1.54, 1.807) is 0 Å². The molecule has 5 nitrogen and oxygen atoms in total. The first-order valence-electron chi connectivity index (χ1n) is 9.44. The molecule has 0 saturated heterocycles. The zero-order valence-electron chi connectivity index (χ0n) is 16.3. The van der Waals surface area contributed by atoms with E-state index < -0.39 is 0 Å². The van der Waals surface area contributed by atoms with Crippen molar-refractivity contribution in [3.63, 3.8) is 0 Å². The molecule has 0 atom stereocenters. The Balaban J connectivity index is 1.60. The molecule has 1 heterocycles. The van der Waals surface area contributed by atoms with Gasteiger partial charge in [-0.25, -0.2) is 0 Å². The summed E-state index contributed by atoms with van der Waals surface area (Å²) in [5.41, 5.74) is 3.14. The highest BCUT2D eigenvalue weighted by Crippen LogP contribution is 2.34. The molecule has 1 aliphatic heterocycles. The van der Waals surface area contributed by atoms with Crippen LogP contribution in [0.1, 0.15) is 30.0 Å². The summed E-state index contributed by atoms with van der Waals surface area (Å²) in [4.78, 5) is 14.5. The van der Waals surface area contributed by atoms with Gasteiger partial charge in [-0.1, -0.05) is 30.3 Å². The van der Waals surface area contributed by atoms with Gasteiger partial charge in [0.15, 0.2) is 11.5 Å². The lowest BCUT2D eigenvalue weighted by molar-refractivity contribution is -0.132. The largest absolute Gasteiger partial charge is 0.493 e. The van der Waals surface area contributed by atoms with Crippen LogP contribution in [0.25, 0.3) is 0 Å². The Kier molecular flexibility index (Phi) is 6.22. The fourth-order valence-electron chi connectivity index (χ4n) is 3.27. The van der Waals surface area contributed by atoms with Crippen LogP contribution in [0.5, 0.6) is 17.2 Å². The topological polar surface area (TPSA) is 48.0 Å². The van der Waals surface area contributed by atoms with Crippen molar-refractivity contribution in [3.05, 3.63) is 53.1 Å². The Labute approximate surface area is 160 Å². The Morgan fingerprint density at radius 3 is 2.52 bits per heavy atom. The van der Waals surface area contributed by atoms with E-state index in [1.165, 1.54) is 0 Å². The van der Waals surface area contributed by atoms with E-state index in [2.05, 4.69) is 0 Å². The van der Waals surface area contributed by atoms with Crippen LogP contribution >= 0.6 is 0 Å². The van der Waals surface area contributed by atoms with Crippen LogP contribution in [0.15, 0.2) is 36.4 Å². The molecule has 5 heteroatoms. The maximum absolute atomic E-state index is 12.7. The van der Waals surface area contributed by atoms with Gasteiger partial charge in [-0.2, -0.15) is 0 Å². The normalized spacial score (nSPS) is 12.6. The highest BCUT2D eigenvalue weighted by atomic mass is 16.6. The molecule has 0 fully saturated rings. The fraction of sp³-hybridized carbons (Fsp3) is 0.409. The molecule has 144 valence electrons. The minimum absolute atomic E-state index is 0.0677. The van der Waals surface area contributed by atoms with Crippen LogP contribution in [-0.2, 0) is 11.3 Å². The molecule has 0 aliphatic carbocycles. The van der Waals surface area contributed by atoms with E-state index in [9.17, 15) is 4.79 Å². The number of carbonyl (C=O) groups is 1. The number of rotatable bonds is 7. The monoisotopic (exact) mass is 369 g/mol. The number of carbonyl (C=O) groups excluding carboxylic acids is 1. The average Bonchev–Trinajstić information content (AvgIpc) is 2.68. The summed E-state index contributed by atoms with van der Waals surface area (Å²) in [6, 6.07) is 11.9. The summed E-state index contributed by atoms with van der Waals surface area (Å²) in [5.74, 6) is 2.44. The standard InChI is InChI=1S/C22H27NO4/c1-4-23(15-18-9-6-10-19-22(18)27-14-13-25-19)20(24)11-12-26-21-16(2)7-5-8-17(21)3/h5-10H,4,11-15H2,1-3H3. The summed E-state index contributed by atoms with van der Waals surface area (Å²) in [7, 11) is 0. The summed E-state index contributed by atoms with van der Waals surface area (Å²) in [6.45, 7) is 8.62. The van der Waals surface area contributed by atoms with Gasteiger partial charge in [0.25, 0.3) is 0 Å². The van der Waals surface area contributed by atoms with Crippen molar-refractivity contribution in [2.75, 3.05) is 26.4 Å². The van der Waals surface area contributed by atoms with Crippen molar-refractivity contribution in [2.45, 2.75) is 33.7 Å². The van der Waals surface area contributed by atoms with E-state index in [1.807, 2.05) is 62.1 Å². The van der Waals surface area contributed by atoms with E-state index >= 15 is 0 Å². The summed E-state index contributed by atoms with van der Waals surface area (Å²) < 4.78 is 17.3. The molecule has 0 spiro atoms. The van der Waals surface area contributed by atoms with Crippen LogP contribution in [-0.4, -0.2) is 37.2 Å². The Morgan fingerprint density at radius 1 is 1.07 bits per heavy atom. The van der Waals surface area contributed by atoms with Crippen LogP contribution in [0.3, 0.4) is 0 Å². The van der Waals surface area contributed by atoms with E-state index in [-0.39, 0.29) is 5.91 Å². The molecule has 27 heavy (non-hydrogen) atoms. The quantitative estimate of drug-likeness (QED) is 0.743. The number of benzene rings is 2. The Morgan fingerprint density at radius 2 is 1.78 bits per heavy atom. The van der Waals surface area contributed by atoms with Crippen LogP contribution in [0.2, 0.25) is 0 Å². The van der Waals surface area contributed by atoms with Gasteiger partial charge in [0.05, 0.1) is 13.0 Å². The molecular weight excluding hydrogens is 342 g/mol. The third-order valence-corrected chi connectivity index (χ3v) is 4.71. The second-order valence-electron chi connectivity index (χ2n) is 6.67. The smallest absolute Gasteiger partial charge is 0.226 e. The fourth-order valence-corrected chi connectivity index (χ4v) is 3.27. The summed E-state index contributed by atoms with van der Waals surface area (Å²) in [5, 5.41) is 0. The van der Waals surface area contributed by atoms with Gasteiger partial charge in [-0.05, 0) is 38.0 Å². The first kappa shape index (κ1) is 19.1. The average molecular weight is 369 g/mol. The second kappa shape index (κ2) is 8.80. The molecule has 1 aliphatic rings.